The lowest BCUT2D eigenvalue weighted by Gasteiger charge is -2.43. The number of hydrogen-bond acceptors (Lipinski definition) is 4. The van der Waals surface area contributed by atoms with Crippen LogP contribution in [0.5, 0.6) is 0 Å². The fraction of sp³-hybridized carbons (Fsp3) is 0.583. The lowest BCUT2D eigenvalue weighted by molar-refractivity contribution is -0.140. The molecule has 0 bridgehead atoms. The van der Waals surface area contributed by atoms with Crippen molar-refractivity contribution >= 4 is 22.7 Å². The van der Waals surface area contributed by atoms with Crippen LogP contribution in [-0.2, 0) is 9.53 Å². The molecule has 3 heterocycles. The van der Waals surface area contributed by atoms with Gasteiger partial charge in [0.25, 0.3) is 5.91 Å². The molecule has 0 radical (unpaired) electrons. The largest absolute Gasteiger partial charge is 0.379 e. The van der Waals surface area contributed by atoms with Gasteiger partial charge in [-0.2, -0.15) is 0 Å². The number of aromatic nitrogens is 1. The Bertz CT molecular complexity index is 977. The van der Waals surface area contributed by atoms with Gasteiger partial charge in [-0.1, -0.05) is 6.07 Å². The van der Waals surface area contributed by atoms with Gasteiger partial charge in [0.1, 0.15) is 11.5 Å². The highest BCUT2D eigenvalue weighted by Crippen LogP contribution is 2.27. The third kappa shape index (κ3) is 4.13. The second-order valence-corrected chi connectivity index (χ2v) is 9.40. The number of halogens is 1. The molecule has 7 nitrogen and oxygen atoms in total. The van der Waals surface area contributed by atoms with Gasteiger partial charge in [-0.3, -0.25) is 14.5 Å². The van der Waals surface area contributed by atoms with E-state index in [1.807, 2.05) is 11.8 Å². The molecule has 2 aromatic rings. The van der Waals surface area contributed by atoms with Crippen LogP contribution in [0.3, 0.4) is 0 Å². The zero-order valence-electron chi connectivity index (χ0n) is 18.5. The highest BCUT2D eigenvalue weighted by molar-refractivity contribution is 5.99. The van der Waals surface area contributed by atoms with Gasteiger partial charge in [0.2, 0.25) is 5.91 Å². The number of hydrogen-bond donors (Lipinski definition) is 2. The molecule has 5 rings (SSSR count). The number of aryl methyl sites for hydroxylation is 1. The van der Waals surface area contributed by atoms with E-state index in [0.717, 1.165) is 57.4 Å². The molecule has 0 spiro atoms. The van der Waals surface area contributed by atoms with E-state index in [-0.39, 0.29) is 29.7 Å². The maximum absolute atomic E-state index is 14.1. The molecule has 8 heteroatoms. The molecule has 3 aliphatic rings. The molecule has 3 atom stereocenters. The molecular weight excluding hydrogens is 411 g/mol. The number of carbonyl (C=O) groups excluding carboxylic acids is 2. The highest BCUT2D eigenvalue weighted by atomic mass is 19.1. The molecule has 2 amide bonds. The number of nitrogens with one attached hydrogen (secondary N) is 2. The molecule has 1 unspecified atom stereocenters. The Labute approximate surface area is 187 Å². The number of carbonyl (C=O) groups is 2. The summed E-state index contributed by atoms with van der Waals surface area (Å²) in [6, 6.07) is 5.31. The molecule has 32 heavy (non-hydrogen) atoms. The van der Waals surface area contributed by atoms with Crippen molar-refractivity contribution in [2.45, 2.75) is 57.2 Å². The van der Waals surface area contributed by atoms with Crippen molar-refractivity contribution in [1.82, 2.24) is 20.1 Å². The minimum Gasteiger partial charge on any atom is -0.379 e. The molecule has 2 N–H and O–H groups in total. The third-order valence-corrected chi connectivity index (χ3v) is 7.32. The van der Waals surface area contributed by atoms with Gasteiger partial charge < -0.3 is 19.9 Å². The molecule has 2 aliphatic heterocycles. The van der Waals surface area contributed by atoms with Gasteiger partial charge >= 0.3 is 0 Å². The van der Waals surface area contributed by atoms with E-state index in [4.69, 9.17) is 4.74 Å². The zero-order chi connectivity index (χ0) is 22.2. The topological polar surface area (TPSA) is 77.7 Å². The number of piperazine rings is 1. The monoisotopic (exact) mass is 442 g/mol. The summed E-state index contributed by atoms with van der Waals surface area (Å²) in [5.74, 6) is -0.340. The van der Waals surface area contributed by atoms with Gasteiger partial charge in [0.05, 0.1) is 24.7 Å². The van der Waals surface area contributed by atoms with E-state index in [1.165, 1.54) is 6.07 Å². The summed E-state index contributed by atoms with van der Waals surface area (Å²) in [4.78, 5) is 33.0. The Balaban J connectivity index is 1.20. The number of benzene rings is 1. The summed E-state index contributed by atoms with van der Waals surface area (Å²) >= 11 is 0. The average molecular weight is 443 g/mol. The minimum absolute atomic E-state index is 0.0509. The Morgan fingerprint density at radius 1 is 1.22 bits per heavy atom. The average Bonchev–Trinajstić information content (AvgIpc) is 3.47. The maximum Gasteiger partial charge on any atom is 0.267 e. The van der Waals surface area contributed by atoms with Crippen LogP contribution < -0.4 is 5.32 Å². The smallest absolute Gasteiger partial charge is 0.267 e. The molecule has 172 valence electrons. The van der Waals surface area contributed by atoms with E-state index < -0.39 is 0 Å². The number of aromatic amines is 1. The molecule has 2 saturated heterocycles. The van der Waals surface area contributed by atoms with Crippen molar-refractivity contribution in [2.75, 3.05) is 32.8 Å². The van der Waals surface area contributed by atoms with E-state index in [0.29, 0.717) is 35.8 Å². The molecule has 1 aliphatic carbocycles. The summed E-state index contributed by atoms with van der Waals surface area (Å²) < 4.78 is 19.6. The number of rotatable bonds is 4. The van der Waals surface area contributed by atoms with Crippen LogP contribution in [0.4, 0.5) is 4.39 Å². The summed E-state index contributed by atoms with van der Waals surface area (Å²) in [5.41, 5.74) is 1.96. The molecule has 1 aromatic carbocycles. The van der Waals surface area contributed by atoms with Crippen LogP contribution in [0.25, 0.3) is 10.9 Å². The number of ether oxygens (including phenoxy) is 1. The first-order chi connectivity index (χ1) is 15.5. The fourth-order valence-corrected chi connectivity index (χ4v) is 5.51. The lowest BCUT2D eigenvalue weighted by Crippen LogP contribution is -2.58. The van der Waals surface area contributed by atoms with Gasteiger partial charge in [-0.05, 0) is 56.7 Å². The Hall–Kier alpha value is -2.45. The van der Waals surface area contributed by atoms with Crippen LogP contribution in [0, 0.1) is 12.7 Å². The number of amides is 2. The Kier molecular flexibility index (Phi) is 5.90. The normalized spacial score (nSPS) is 27.2. The van der Waals surface area contributed by atoms with Gasteiger partial charge in [-0.15, -0.1) is 0 Å². The zero-order valence-corrected chi connectivity index (χ0v) is 18.5. The van der Waals surface area contributed by atoms with Crippen molar-refractivity contribution < 1.29 is 18.7 Å². The first-order valence-electron chi connectivity index (χ1n) is 11.7. The van der Waals surface area contributed by atoms with Crippen molar-refractivity contribution in [1.29, 1.82) is 0 Å². The fourth-order valence-electron chi connectivity index (χ4n) is 5.51. The molecular formula is C24H31FN4O3. The first kappa shape index (κ1) is 21.4. The van der Waals surface area contributed by atoms with Gasteiger partial charge in [0, 0.05) is 37.2 Å². The van der Waals surface area contributed by atoms with E-state index >= 15 is 0 Å². The summed E-state index contributed by atoms with van der Waals surface area (Å²) in [6.45, 7) is 5.36. The number of H-pyrrole nitrogens is 1. The van der Waals surface area contributed by atoms with Gasteiger partial charge in [0.15, 0.2) is 0 Å². The molecule has 1 saturated carbocycles. The van der Waals surface area contributed by atoms with Crippen LogP contribution in [0.15, 0.2) is 18.2 Å². The maximum atomic E-state index is 14.1. The third-order valence-electron chi connectivity index (χ3n) is 7.32. The van der Waals surface area contributed by atoms with Gasteiger partial charge in [-0.25, -0.2) is 4.39 Å². The van der Waals surface area contributed by atoms with Crippen molar-refractivity contribution in [3.8, 4) is 0 Å². The second-order valence-electron chi connectivity index (χ2n) is 9.40. The van der Waals surface area contributed by atoms with Crippen molar-refractivity contribution in [3.63, 3.8) is 0 Å². The standard InChI is InChI=1S/C24H31FN4O3/c1-15-5-6-20(25)19-12-21(27-23(15)19)24(31)26-16-3-2-4-17(11-16)28-8-9-29(22(30)13-28)18-7-10-32-14-18/h5-6,12,16-18,27H,2-4,7-11,13-14H2,1H3,(H,26,31)/t16-,17+,18?/m1/s1. The first-order valence-corrected chi connectivity index (χ1v) is 11.7. The number of nitrogens with zero attached hydrogens (tertiary/aromatic N) is 2. The summed E-state index contributed by atoms with van der Waals surface area (Å²) in [6.07, 6.45) is 4.74. The predicted octanol–water partition coefficient (Wildman–Crippen LogP) is 2.59. The molecule has 3 fully saturated rings. The Morgan fingerprint density at radius 3 is 2.84 bits per heavy atom. The SMILES string of the molecule is Cc1ccc(F)c2cc(C(=O)N[C@@H]3CCC[C@H](N4CCN(C5CCOC5)C(=O)C4)C3)[nH]c12. The lowest BCUT2D eigenvalue weighted by atomic mass is 9.89. The van der Waals surface area contributed by atoms with Crippen LogP contribution in [0.1, 0.15) is 48.2 Å². The quantitative estimate of drug-likeness (QED) is 0.763. The van der Waals surface area contributed by atoms with Crippen LogP contribution in [0.2, 0.25) is 0 Å². The molecule has 1 aromatic heterocycles. The number of fused-ring (bicyclic) bond motifs is 1. The van der Waals surface area contributed by atoms with Crippen molar-refractivity contribution in [3.05, 3.63) is 35.3 Å². The minimum atomic E-state index is -0.327. The summed E-state index contributed by atoms with van der Waals surface area (Å²) in [5, 5.41) is 3.58. The van der Waals surface area contributed by atoms with Crippen LogP contribution in [-0.4, -0.2) is 77.6 Å². The van der Waals surface area contributed by atoms with E-state index in [1.54, 1.807) is 12.1 Å². The highest BCUT2D eigenvalue weighted by Gasteiger charge is 2.36. The second kappa shape index (κ2) is 8.83. The predicted molar refractivity (Wildman–Crippen MR) is 119 cm³/mol. The van der Waals surface area contributed by atoms with E-state index in [9.17, 15) is 14.0 Å². The summed E-state index contributed by atoms with van der Waals surface area (Å²) in [7, 11) is 0. The Morgan fingerprint density at radius 2 is 2.09 bits per heavy atom. The van der Waals surface area contributed by atoms with Crippen molar-refractivity contribution in [2.24, 2.45) is 0 Å². The van der Waals surface area contributed by atoms with Crippen LogP contribution >= 0.6 is 0 Å². The van der Waals surface area contributed by atoms with E-state index in [2.05, 4.69) is 15.2 Å².